The molecule has 0 unspecified atom stereocenters. The molecule has 2 aromatic carbocycles. The van der Waals surface area contributed by atoms with Crippen LogP contribution in [0.2, 0.25) is 0 Å². The first-order chi connectivity index (χ1) is 15.0. The van der Waals surface area contributed by atoms with Crippen molar-refractivity contribution in [2.24, 2.45) is 5.92 Å². The van der Waals surface area contributed by atoms with Crippen LogP contribution in [0.15, 0.2) is 48.5 Å². The standard InChI is InChI=1S/C25H31N3O3/c1-19-3-2-4-22(17-19)27-13-15-28(16-14-27)24(30)18-26-11-9-21(10-12-26)25(31)20-5-7-23(29)8-6-20/h2-8,17,21,29H,9-16,18H2,1H3. The van der Waals surface area contributed by atoms with Gasteiger partial charge in [-0.2, -0.15) is 0 Å². The number of amides is 1. The summed E-state index contributed by atoms with van der Waals surface area (Å²) in [6.07, 6.45) is 1.54. The Morgan fingerprint density at radius 1 is 0.935 bits per heavy atom. The van der Waals surface area contributed by atoms with Crippen LogP contribution in [0.5, 0.6) is 5.75 Å². The highest BCUT2D eigenvalue weighted by Gasteiger charge is 2.28. The number of likely N-dealkylation sites (tertiary alicyclic amines) is 1. The molecule has 164 valence electrons. The van der Waals surface area contributed by atoms with E-state index in [9.17, 15) is 14.7 Å². The van der Waals surface area contributed by atoms with E-state index in [1.54, 1.807) is 24.3 Å². The number of phenols is 1. The van der Waals surface area contributed by atoms with Crippen molar-refractivity contribution < 1.29 is 14.7 Å². The largest absolute Gasteiger partial charge is 0.508 e. The molecule has 0 spiro atoms. The molecular formula is C25H31N3O3. The first kappa shape index (κ1) is 21.4. The monoisotopic (exact) mass is 421 g/mol. The Balaban J connectivity index is 1.22. The van der Waals surface area contributed by atoms with Crippen LogP contribution in [0.1, 0.15) is 28.8 Å². The molecule has 2 aromatic rings. The van der Waals surface area contributed by atoms with Crippen LogP contribution in [-0.2, 0) is 4.79 Å². The molecule has 1 N–H and O–H groups in total. The van der Waals surface area contributed by atoms with E-state index in [2.05, 4.69) is 41.0 Å². The van der Waals surface area contributed by atoms with Gasteiger partial charge in [-0.3, -0.25) is 14.5 Å². The summed E-state index contributed by atoms with van der Waals surface area (Å²) in [5.74, 6) is 0.490. The predicted molar refractivity (Wildman–Crippen MR) is 122 cm³/mol. The smallest absolute Gasteiger partial charge is 0.236 e. The summed E-state index contributed by atoms with van der Waals surface area (Å²) in [6, 6.07) is 15.0. The molecular weight excluding hydrogens is 390 g/mol. The number of carbonyl (C=O) groups is 2. The van der Waals surface area contributed by atoms with Crippen LogP contribution in [0.25, 0.3) is 0 Å². The number of phenolic OH excluding ortho intramolecular Hbond substituents is 1. The fourth-order valence-corrected chi connectivity index (χ4v) is 4.54. The van der Waals surface area contributed by atoms with Crippen molar-refractivity contribution in [1.82, 2.24) is 9.80 Å². The average Bonchev–Trinajstić information content (AvgIpc) is 2.80. The number of ketones is 1. The van der Waals surface area contributed by atoms with E-state index in [1.807, 2.05) is 4.90 Å². The topological polar surface area (TPSA) is 64.1 Å². The molecule has 1 amide bonds. The maximum Gasteiger partial charge on any atom is 0.236 e. The van der Waals surface area contributed by atoms with E-state index in [-0.39, 0.29) is 23.4 Å². The minimum Gasteiger partial charge on any atom is -0.508 e. The molecule has 6 heteroatoms. The molecule has 4 rings (SSSR count). The summed E-state index contributed by atoms with van der Waals surface area (Å²) in [7, 11) is 0. The van der Waals surface area contributed by atoms with Gasteiger partial charge in [0.15, 0.2) is 5.78 Å². The highest BCUT2D eigenvalue weighted by atomic mass is 16.3. The first-order valence-electron chi connectivity index (χ1n) is 11.1. The van der Waals surface area contributed by atoms with Crippen LogP contribution in [0.3, 0.4) is 0 Å². The van der Waals surface area contributed by atoms with Gasteiger partial charge in [-0.1, -0.05) is 12.1 Å². The molecule has 6 nitrogen and oxygen atoms in total. The summed E-state index contributed by atoms with van der Waals surface area (Å²) >= 11 is 0. The third kappa shape index (κ3) is 5.25. The number of piperidine rings is 1. The van der Waals surface area contributed by atoms with Gasteiger partial charge >= 0.3 is 0 Å². The van der Waals surface area contributed by atoms with Crippen LogP contribution < -0.4 is 4.90 Å². The number of carbonyl (C=O) groups excluding carboxylic acids is 2. The number of aromatic hydroxyl groups is 1. The van der Waals surface area contributed by atoms with Gasteiger partial charge in [0.05, 0.1) is 6.54 Å². The number of piperazine rings is 1. The van der Waals surface area contributed by atoms with Crippen molar-refractivity contribution in [3.63, 3.8) is 0 Å². The summed E-state index contributed by atoms with van der Waals surface area (Å²) in [6.45, 7) is 7.30. The van der Waals surface area contributed by atoms with Gasteiger partial charge in [-0.15, -0.1) is 0 Å². The van der Waals surface area contributed by atoms with Gasteiger partial charge in [0.1, 0.15) is 5.75 Å². The van der Waals surface area contributed by atoms with Crippen molar-refractivity contribution in [3.8, 4) is 5.75 Å². The van der Waals surface area contributed by atoms with E-state index in [1.165, 1.54) is 11.3 Å². The lowest BCUT2D eigenvalue weighted by atomic mass is 9.89. The number of aryl methyl sites for hydroxylation is 1. The van der Waals surface area contributed by atoms with Gasteiger partial charge in [0.25, 0.3) is 0 Å². The average molecular weight is 422 g/mol. The Kier molecular flexibility index (Phi) is 6.56. The molecule has 0 aliphatic carbocycles. The Morgan fingerprint density at radius 3 is 2.26 bits per heavy atom. The fourth-order valence-electron chi connectivity index (χ4n) is 4.54. The normalized spacial score (nSPS) is 18.2. The maximum absolute atomic E-state index is 12.8. The number of Topliss-reactive ketones (excluding diaryl/α,β-unsaturated/α-hetero) is 1. The van der Waals surface area contributed by atoms with Crippen LogP contribution in [-0.4, -0.2) is 72.4 Å². The summed E-state index contributed by atoms with van der Waals surface area (Å²) in [5.41, 5.74) is 3.13. The second-order valence-corrected chi connectivity index (χ2v) is 8.67. The Bertz CT molecular complexity index is 912. The van der Waals surface area contributed by atoms with E-state index < -0.39 is 0 Å². The van der Waals surface area contributed by atoms with Crippen molar-refractivity contribution in [2.75, 3.05) is 50.7 Å². The first-order valence-corrected chi connectivity index (χ1v) is 11.1. The van der Waals surface area contributed by atoms with E-state index >= 15 is 0 Å². The van der Waals surface area contributed by atoms with Gasteiger partial charge < -0.3 is 14.9 Å². The zero-order valence-electron chi connectivity index (χ0n) is 18.2. The van der Waals surface area contributed by atoms with Gasteiger partial charge in [0.2, 0.25) is 5.91 Å². The molecule has 0 aromatic heterocycles. The van der Waals surface area contributed by atoms with Crippen LogP contribution in [0, 0.1) is 12.8 Å². The quantitative estimate of drug-likeness (QED) is 0.752. The van der Waals surface area contributed by atoms with Crippen molar-refractivity contribution in [2.45, 2.75) is 19.8 Å². The van der Waals surface area contributed by atoms with Crippen LogP contribution in [0.4, 0.5) is 5.69 Å². The Hall–Kier alpha value is -2.86. The van der Waals surface area contributed by atoms with E-state index in [4.69, 9.17) is 0 Å². The molecule has 31 heavy (non-hydrogen) atoms. The van der Waals surface area contributed by atoms with Crippen molar-refractivity contribution in [1.29, 1.82) is 0 Å². The number of rotatable bonds is 5. The minimum absolute atomic E-state index is 0.00577. The summed E-state index contributed by atoms with van der Waals surface area (Å²) in [5, 5.41) is 9.40. The molecule has 2 saturated heterocycles. The SMILES string of the molecule is Cc1cccc(N2CCN(C(=O)CN3CCC(C(=O)c4ccc(O)cc4)CC3)CC2)c1. The highest BCUT2D eigenvalue weighted by molar-refractivity contribution is 5.98. The van der Waals surface area contributed by atoms with E-state index in [0.717, 1.165) is 52.1 Å². The summed E-state index contributed by atoms with van der Waals surface area (Å²) in [4.78, 5) is 32.0. The van der Waals surface area contributed by atoms with Crippen molar-refractivity contribution in [3.05, 3.63) is 59.7 Å². The lowest BCUT2D eigenvalue weighted by Gasteiger charge is -2.38. The maximum atomic E-state index is 12.8. The molecule has 0 radical (unpaired) electrons. The Labute approximate surface area is 184 Å². The summed E-state index contributed by atoms with van der Waals surface area (Å²) < 4.78 is 0. The molecule has 0 saturated carbocycles. The predicted octanol–water partition coefficient (Wildman–Crippen LogP) is 2.94. The van der Waals surface area contributed by atoms with Gasteiger partial charge in [-0.25, -0.2) is 0 Å². The highest BCUT2D eigenvalue weighted by Crippen LogP contribution is 2.23. The lowest BCUT2D eigenvalue weighted by Crippen LogP contribution is -2.52. The fraction of sp³-hybridized carbons (Fsp3) is 0.440. The van der Waals surface area contributed by atoms with Crippen LogP contribution >= 0.6 is 0 Å². The minimum atomic E-state index is -0.00577. The lowest BCUT2D eigenvalue weighted by molar-refractivity contribution is -0.133. The molecule has 2 heterocycles. The van der Waals surface area contributed by atoms with E-state index in [0.29, 0.717) is 12.1 Å². The van der Waals surface area contributed by atoms with Gasteiger partial charge in [-0.05, 0) is 74.8 Å². The zero-order chi connectivity index (χ0) is 21.8. The second-order valence-electron chi connectivity index (χ2n) is 8.67. The molecule has 2 aliphatic heterocycles. The molecule has 0 bridgehead atoms. The number of hydrogen-bond acceptors (Lipinski definition) is 5. The molecule has 0 atom stereocenters. The number of benzene rings is 2. The van der Waals surface area contributed by atoms with Gasteiger partial charge in [0, 0.05) is 43.3 Å². The zero-order valence-corrected chi connectivity index (χ0v) is 18.2. The number of anilines is 1. The number of nitrogens with zero attached hydrogens (tertiary/aromatic N) is 3. The number of hydrogen-bond donors (Lipinski definition) is 1. The van der Waals surface area contributed by atoms with Crippen molar-refractivity contribution >= 4 is 17.4 Å². The third-order valence-electron chi connectivity index (χ3n) is 6.47. The Morgan fingerprint density at radius 2 is 1.61 bits per heavy atom. The third-order valence-corrected chi connectivity index (χ3v) is 6.47. The second kappa shape index (κ2) is 9.52. The molecule has 2 aliphatic rings. The molecule has 2 fully saturated rings.